The molecule has 192 valence electrons. The van der Waals surface area contributed by atoms with Crippen LogP contribution in [-0.2, 0) is 23.8 Å². The Morgan fingerprint density at radius 1 is 1.22 bits per heavy atom. The van der Waals surface area contributed by atoms with E-state index in [1.165, 1.54) is 19.2 Å². The monoisotopic (exact) mass is 495 g/mol. The second-order valence-corrected chi connectivity index (χ2v) is 10.5. The number of cyclic esters (lactones) is 1. The fourth-order valence-corrected chi connectivity index (χ4v) is 6.13. The van der Waals surface area contributed by atoms with E-state index in [9.17, 15) is 19.5 Å². The Hall–Kier alpha value is -3.26. The van der Waals surface area contributed by atoms with Gasteiger partial charge in [-0.3, -0.25) is 9.78 Å². The molecular weight excluding hydrogens is 462 g/mol. The molecule has 1 aliphatic heterocycles. The van der Waals surface area contributed by atoms with E-state index in [-0.39, 0.29) is 18.1 Å². The van der Waals surface area contributed by atoms with Gasteiger partial charge in [-0.05, 0) is 50.3 Å². The summed E-state index contributed by atoms with van der Waals surface area (Å²) in [6.07, 6.45) is 9.58. The van der Waals surface area contributed by atoms with E-state index >= 15 is 0 Å². The van der Waals surface area contributed by atoms with Crippen molar-refractivity contribution in [2.75, 3.05) is 6.61 Å². The topological polar surface area (TPSA) is 112 Å². The van der Waals surface area contributed by atoms with Crippen molar-refractivity contribution < 1.29 is 33.7 Å². The molecule has 1 fully saturated rings. The predicted octanol–water partition coefficient (Wildman–Crippen LogP) is 3.71. The van der Waals surface area contributed by atoms with Gasteiger partial charge in [-0.25, -0.2) is 9.59 Å². The van der Waals surface area contributed by atoms with Crippen LogP contribution in [0.5, 0.6) is 0 Å². The van der Waals surface area contributed by atoms with Crippen LogP contribution in [0.2, 0.25) is 0 Å². The fraction of sp³-hybridized carbons (Fsp3) is 0.500. The van der Waals surface area contributed by atoms with E-state index in [4.69, 9.17) is 14.2 Å². The molecule has 0 radical (unpaired) electrons. The number of hydrogen-bond acceptors (Lipinski definition) is 8. The SMILES string of the molecule is CC(=O)O[C@H]1[C@H](OC(=O)c2cccnc2)[C@@]2(C)C(C)=CCC[C@@H]2[C@](C)(/C=C/C2=CC(=O)OC2)[C@@]1(C)O. The van der Waals surface area contributed by atoms with Crippen molar-refractivity contribution in [1.82, 2.24) is 4.98 Å². The van der Waals surface area contributed by atoms with Gasteiger partial charge >= 0.3 is 17.9 Å². The molecule has 0 saturated heterocycles. The van der Waals surface area contributed by atoms with E-state index in [0.29, 0.717) is 12.0 Å². The third-order valence-corrected chi connectivity index (χ3v) is 8.47. The molecule has 1 aromatic rings. The van der Waals surface area contributed by atoms with E-state index in [2.05, 4.69) is 11.1 Å². The van der Waals surface area contributed by atoms with Crippen molar-refractivity contribution in [3.8, 4) is 0 Å². The van der Waals surface area contributed by atoms with Crippen LogP contribution in [0.4, 0.5) is 0 Å². The molecule has 0 aromatic carbocycles. The second-order valence-electron chi connectivity index (χ2n) is 10.5. The van der Waals surface area contributed by atoms with Crippen LogP contribution in [0.1, 0.15) is 57.8 Å². The van der Waals surface area contributed by atoms with Crippen molar-refractivity contribution in [3.05, 3.63) is 65.5 Å². The van der Waals surface area contributed by atoms with Crippen molar-refractivity contribution >= 4 is 17.9 Å². The average Bonchev–Trinajstić information content (AvgIpc) is 3.26. The lowest BCUT2D eigenvalue weighted by Crippen LogP contribution is -2.72. The maximum Gasteiger partial charge on any atom is 0.340 e. The number of carbonyl (C=O) groups is 3. The van der Waals surface area contributed by atoms with Crippen molar-refractivity contribution in [2.24, 2.45) is 16.7 Å². The molecule has 8 heteroatoms. The minimum absolute atomic E-state index is 0.160. The molecule has 3 aliphatic rings. The zero-order valence-corrected chi connectivity index (χ0v) is 21.3. The number of rotatable bonds is 5. The number of fused-ring (bicyclic) bond motifs is 1. The van der Waals surface area contributed by atoms with Crippen LogP contribution in [0.25, 0.3) is 0 Å². The van der Waals surface area contributed by atoms with Crippen molar-refractivity contribution in [3.63, 3.8) is 0 Å². The molecule has 0 unspecified atom stereocenters. The Bertz CT molecular complexity index is 1150. The van der Waals surface area contributed by atoms with E-state index in [1.807, 2.05) is 26.8 Å². The largest absolute Gasteiger partial charge is 0.458 e. The van der Waals surface area contributed by atoms with Crippen molar-refractivity contribution in [2.45, 2.75) is 65.3 Å². The number of nitrogens with zero attached hydrogens (tertiary/aromatic N) is 1. The maximum atomic E-state index is 13.2. The Morgan fingerprint density at radius 2 is 1.97 bits per heavy atom. The summed E-state index contributed by atoms with van der Waals surface area (Å²) < 4.78 is 16.9. The highest BCUT2D eigenvalue weighted by Gasteiger charge is 2.69. The van der Waals surface area contributed by atoms with Gasteiger partial charge in [0.2, 0.25) is 0 Å². The van der Waals surface area contributed by atoms with Gasteiger partial charge in [-0.2, -0.15) is 0 Å². The Morgan fingerprint density at radius 3 is 2.58 bits per heavy atom. The van der Waals surface area contributed by atoms with Crippen LogP contribution >= 0.6 is 0 Å². The van der Waals surface area contributed by atoms with Gasteiger partial charge in [-0.15, -0.1) is 0 Å². The molecule has 1 aromatic heterocycles. The van der Waals surface area contributed by atoms with Crippen LogP contribution in [-0.4, -0.2) is 52.4 Å². The number of ether oxygens (including phenoxy) is 3. The normalized spacial score (nSPS) is 35.9. The summed E-state index contributed by atoms with van der Waals surface area (Å²) in [6.45, 7) is 8.97. The molecular formula is C28H33NO7. The van der Waals surface area contributed by atoms with E-state index < -0.39 is 46.5 Å². The number of carbonyl (C=O) groups excluding carboxylic acids is 3. The standard InChI is InChI=1S/C28H33NO7/c1-17-8-6-10-21-26(3,12-11-19-14-22(31)34-16-19)28(5,33)24(35-18(2)30)23(27(17,21)4)36-25(32)20-9-7-13-29-15-20/h7-9,11-15,21,23-24,33H,6,10,16H2,1-5H3/b12-11+/t21-,23+,24+,26+,27+,28+/m1/s1. The van der Waals surface area contributed by atoms with Gasteiger partial charge in [0.15, 0.2) is 12.2 Å². The summed E-state index contributed by atoms with van der Waals surface area (Å²) in [4.78, 5) is 41.1. The van der Waals surface area contributed by atoms with Gasteiger partial charge in [0.25, 0.3) is 0 Å². The van der Waals surface area contributed by atoms with Gasteiger partial charge < -0.3 is 19.3 Å². The predicted molar refractivity (Wildman–Crippen MR) is 130 cm³/mol. The molecule has 6 atom stereocenters. The molecule has 2 aliphatic carbocycles. The second kappa shape index (κ2) is 9.32. The first kappa shape index (κ1) is 25.8. The highest BCUT2D eigenvalue weighted by atomic mass is 16.6. The number of hydrogen-bond donors (Lipinski definition) is 1. The first-order valence-corrected chi connectivity index (χ1v) is 12.2. The summed E-state index contributed by atoms with van der Waals surface area (Å²) in [5.41, 5.74) is -1.34. The Labute approximate surface area is 211 Å². The molecule has 1 N–H and O–H groups in total. The molecule has 0 amide bonds. The maximum absolute atomic E-state index is 13.2. The van der Waals surface area contributed by atoms with Gasteiger partial charge in [-0.1, -0.05) is 37.6 Å². The minimum Gasteiger partial charge on any atom is -0.458 e. The molecule has 0 spiro atoms. The lowest BCUT2D eigenvalue weighted by molar-refractivity contribution is -0.259. The first-order chi connectivity index (χ1) is 16.9. The van der Waals surface area contributed by atoms with Gasteiger partial charge in [0, 0.05) is 36.2 Å². The van der Waals surface area contributed by atoms with E-state index in [0.717, 1.165) is 12.0 Å². The van der Waals surface area contributed by atoms with Crippen LogP contribution in [0, 0.1) is 16.7 Å². The number of aromatic nitrogens is 1. The zero-order chi connectivity index (χ0) is 26.3. The number of allylic oxidation sites excluding steroid dienone is 1. The van der Waals surface area contributed by atoms with Gasteiger partial charge in [0.05, 0.1) is 5.56 Å². The minimum atomic E-state index is -1.62. The van der Waals surface area contributed by atoms with Crippen molar-refractivity contribution in [1.29, 1.82) is 0 Å². The quantitative estimate of drug-likeness (QED) is 0.374. The summed E-state index contributed by atoms with van der Waals surface area (Å²) in [6, 6.07) is 3.24. The smallest absolute Gasteiger partial charge is 0.340 e. The van der Waals surface area contributed by atoms with Crippen LogP contribution < -0.4 is 0 Å². The Balaban J connectivity index is 1.84. The van der Waals surface area contributed by atoms with Gasteiger partial charge in [0.1, 0.15) is 12.2 Å². The highest BCUT2D eigenvalue weighted by molar-refractivity contribution is 5.89. The fourth-order valence-electron chi connectivity index (χ4n) is 6.13. The number of esters is 3. The lowest BCUT2D eigenvalue weighted by atomic mass is 9.44. The summed E-state index contributed by atoms with van der Waals surface area (Å²) in [7, 11) is 0. The molecule has 36 heavy (non-hydrogen) atoms. The Kier molecular flexibility index (Phi) is 6.68. The summed E-state index contributed by atoms with van der Waals surface area (Å²) in [5.74, 6) is -1.79. The highest BCUT2D eigenvalue weighted by Crippen LogP contribution is 2.63. The number of aliphatic hydroxyl groups is 1. The molecule has 0 bridgehead atoms. The zero-order valence-electron chi connectivity index (χ0n) is 21.3. The molecule has 4 rings (SSSR count). The molecule has 2 heterocycles. The number of pyridine rings is 1. The first-order valence-electron chi connectivity index (χ1n) is 12.2. The van der Waals surface area contributed by atoms with Crippen LogP contribution in [0.15, 0.2) is 60.0 Å². The lowest BCUT2D eigenvalue weighted by Gasteiger charge is -2.64. The molecule has 1 saturated carbocycles. The van der Waals surface area contributed by atoms with Crippen LogP contribution in [0.3, 0.4) is 0 Å². The average molecular weight is 496 g/mol. The summed E-state index contributed by atoms with van der Waals surface area (Å²) >= 11 is 0. The summed E-state index contributed by atoms with van der Waals surface area (Å²) in [5, 5.41) is 12.2. The van der Waals surface area contributed by atoms with E-state index in [1.54, 1.807) is 31.3 Å². The third-order valence-electron chi connectivity index (χ3n) is 8.47. The molecule has 8 nitrogen and oxygen atoms in total. The third kappa shape index (κ3) is 4.17.